The van der Waals surface area contributed by atoms with Crippen molar-refractivity contribution in [1.82, 2.24) is 14.4 Å². The summed E-state index contributed by atoms with van der Waals surface area (Å²) in [5.41, 5.74) is 5.01. The molecule has 1 aliphatic rings. The number of nitrogens with zero attached hydrogens (tertiary/aromatic N) is 2. The molecule has 6 heteroatoms. The molecule has 0 radical (unpaired) electrons. The molecule has 0 unspecified atom stereocenters. The van der Waals surface area contributed by atoms with Gasteiger partial charge >= 0.3 is 0 Å². The molecule has 1 aromatic carbocycles. The number of rotatable bonds is 4. The molecule has 2 N–H and O–H groups in total. The zero-order chi connectivity index (χ0) is 20.0. The fourth-order valence-corrected chi connectivity index (χ4v) is 4.23. The van der Waals surface area contributed by atoms with E-state index in [0.29, 0.717) is 17.8 Å². The lowest BCUT2D eigenvalue weighted by atomic mass is 10.0. The average molecular weight is 388 g/mol. The van der Waals surface area contributed by atoms with Crippen LogP contribution in [0, 0.1) is 13.8 Å². The topological polar surface area (TPSA) is 71.4 Å². The van der Waals surface area contributed by atoms with Crippen LogP contribution in [0.15, 0.2) is 47.4 Å². The summed E-state index contributed by atoms with van der Waals surface area (Å²) in [6, 6.07) is 12.0. The summed E-state index contributed by atoms with van der Waals surface area (Å²) in [6.45, 7) is 5.59. The Balaban J connectivity index is 1.66. The zero-order valence-electron chi connectivity index (χ0n) is 16.7. The molecule has 4 aromatic rings. The number of fused-ring (bicyclic) bond motifs is 2. The van der Waals surface area contributed by atoms with Crippen LogP contribution in [0.25, 0.3) is 27.8 Å². The molecule has 3 aromatic heterocycles. The predicted molar refractivity (Wildman–Crippen MR) is 116 cm³/mol. The molecule has 1 atom stereocenters. The number of aromatic nitrogens is 3. The maximum atomic E-state index is 13.0. The molecule has 1 fully saturated rings. The number of hydrogen-bond donors (Lipinski definition) is 2. The van der Waals surface area contributed by atoms with E-state index in [2.05, 4.69) is 29.4 Å². The van der Waals surface area contributed by atoms with Crippen molar-refractivity contribution >= 4 is 22.4 Å². The number of anilines is 1. The summed E-state index contributed by atoms with van der Waals surface area (Å²) < 4.78 is 7.75. The summed E-state index contributed by atoms with van der Waals surface area (Å²) in [6.07, 6.45) is 4.30. The zero-order valence-corrected chi connectivity index (χ0v) is 16.7. The molecule has 4 heterocycles. The van der Waals surface area contributed by atoms with Gasteiger partial charge in [0.25, 0.3) is 5.56 Å². The van der Waals surface area contributed by atoms with Gasteiger partial charge in [-0.3, -0.25) is 9.20 Å². The third-order valence-corrected chi connectivity index (χ3v) is 5.60. The molecule has 0 amide bonds. The van der Waals surface area contributed by atoms with Gasteiger partial charge in [-0.15, -0.1) is 0 Å². The van der Waals surface area contributed by atoms with E-state index < -0.39 is 0 Å². The van der Waals surface area contributed by atoms with Crippen molar-refractivity contribution in [2.24, 2.45) is 0 Å². The van der Waals surface area contributed by atoms with E-state index in [1.807, 2.05) is 41.8 Å². The van der Waals surface area contributed by atoms with Crippen LogP contribution in [-0.4, -0.2) is 33.6 Å². The fourth-order valence-electron chi connectivity index (χ4n) is 4.23. The van der Waals surface area contributed by atoms with Crippen LogP contribution in [0.2, 0.25) is 0 Å². The Hall–Kier alpha value is -3.12. The Morgan fingerprint density at radius 1 is 1.28 bits per heavy atom. The van der Waals surface area contributed by atoms with Crippen molar-refractivity contribution in [1.29, 1.82) is 0 Å². The Labute approximate surface area is 168 Å². The summed E-state index contributed by atoms with van der Waals surface area (Å²) in [4.78, 5) is 20.8. The van der Waals surface area contributed by atoms with Crippen LogP contribution in [-0.2, 0) is 4.74 Å². The molecule has 1 saturated heterocycles. The van der Waals surface area contributed by atoms with Crippen LogP contribution in [0.4, 0.5) is 5.82 Å². The van der Waals surface area contributed by atoms with Crippen molar-refractivity contribution in [2.45, 2.75) is 32.8 Å². The van der Waals surface area contributed by atoms with Gasteiger partial charge in [0.05, 0.1) is 17.2 Å². The highest BCUT2D eigenvalue weighted by atomic mass is 16.5. The molecule has 0 saturated carbocycles. The average Bonchev–Trinajstić information content (AvgIpc) is 3.34. The Morgan fingerprint density at radius 2 is 2.17 bits per heavy atom. The van der Waals surface area contributed by atoms with Crippen LogP contribution in [0.1, 0.15) is 24.0 Å². The fraction of sp³-hybridized carbons (Fsp3) is 0.304. The number of pyridine rings is 2. The Morgan fingerprint density at radius 3 is 3.00 bits per heavy atom. The third kappa shape index (κ3) is 3.19. The minimum Gasteiger partial charge on any atom is -0.376 e. The van der Waals surface area contributed by atoms with E-state index >= 15 is 0 Å². The number of ether oxygens (including phenoxy) is 1. The van der Waals surface area contributed by atoms with Crippen LogP contribution in [0.5, 0.6) is 0 Å². The molecule has 0 bridgehead atoms. The number of H-pyrrole nitrogens is 1. The van der Waals surface area contributed by atoms with E-state index in [1.165, 1.54) is 5.56 Å². The largest absolute Gasteiger partial charge is 0.376 e. The summed E-state index contributed by atoms with van der Waals surface area (Å²) in [5, 5.41) is 4.51. The van der Waals surface area contributed by atoms with E-state index in [0.717, 1.165) is 47.4 Å². The number of nitrogens with one attached hydrogen (secondary N) is 2. The Bertz CT molecular complexity index is 1270. The normalized spacial score (nSPS) is 16.7. The molecule has 29 heavy (non-hydrogen) atoms. The molecular formula is C23H24N4O2. The van der Waals surface area contributed by atoms with E-state index in [4.69, 9.17) is 9.72 Å². The monoisotopic (exact) mass is 388 g/mol. The summed E-state index contributed by atoms with van der Waals surface area (Å²) in [5.74, 6) is 0.824. The van der Waals surface area contributed by atoms with Gasteiger partial charge in [-0.2, -0.15) is 0 Å². The highest BCUT2D eigenvalue weighted by molar-refractivity contribution is 5.88. The number of imidazole rings is 1. The van der Waals surface area contributed by atoms with Crippen molar-refractivity contribution < 1.29 is 4.74 Å². The molecule has 0 spiro atoms. The van der Waals surface area contributed by atoms with Crippen LogP contribution < -0.4 is 10.9 Å². The van der Waals surface area contributed by atoms with E-state index in [-0.39, 0.29) is 11.7 Å². The van der Waals surface area contributed by atoms with Gasteiger partial charge in [0.1, 0.15) is 17.2 Å². The summed E-state index contributed by atoms with van der Waals surface area (Å²) >= 11 is 0. The minimum absolute atomic E-state index is 0.131. The first kappa shape index (κ1) is 17.9. The summed E-state index contributed by atoms with van der Waals surface area (Å²) in [7, 11) is 0. The molecule has 0 aliphatic carbocycles. The van der Waals surface area contributed by atoms with Gasteiger partial charge in [-0.25, -0.2) is 4.98 Å². The van der Waals surface area contributed by atoms with Gasteiger partial charge in [-0.1, -0.05) is 17.7 Å². The predicted octanol–water partition coefficient (Wildman–Crippen LogP) is 4.05. The maximum absolute atomic E-state index is 13.0. The quantitative estimate of drug-likeness (QED) is 0.553. The molecule has 6 nitrogen and oxygen atoms in total. The molecular weight excluding hydrogens is 364 g/mol. The van der Waals surface area contributed by atoms with Crippen molar-refractivity contribution in [2.75, 3.05) is 18.5 Å². The molecule has 5 rings (SSSR count). The first-order valence-corrected chi connectivity index (χ1v) is 10.1. The van der Waals surface area contributed by atoms with Gasteiger partial charge in [0.15, 0.2) is 0 Å². The minimum atomic E-state index is -0.131. The van der Waals surface area contributed by atoms with Gasteiger partial charge < -0.3 is 15.0 Å². The number of hydrogen-bond acceptors (Lipinski definition) is 4. The van der Waals surface area contributed by atoms with Crippen LogP contribution in [0.3, 0.4) is 0 Å². The van der Waals surface area contributed by atoms with Gasteiger partial charge in [-0.05, 0) is 61.9 Å². The first-order chi connectivity index (χ1) is 14.1. The number of aromatic amines is 1. The second kappa shape index (κ2) is 7.04. The van der Waals surface area contributed by atoms with Gasteiger partial charge in [0.2, 0.25) is 0 Å². The van der Waals surface area contributed by atoms with Crippen molar-refractivity contribution in [3.05, 3.63) is 64.1 Å². The van der Waals surface area contributed by atoms with E-state index in [9.17, 15) is 4.79 Å². The second-order valence-corrected chi connectivity index (χ2v) is 7.81. The smallest absolute Gasteiger partial charge is 0.258 e. The van der Waals surface area contributed by atoms with Crippen LogP contribution >= 0.6 is 0 Å². The maximum Gasteiger partial charge on any atom is 0.258 e. The molecule has 148 valence electrons. The highest BCUT2D eigenvalue weighted by Crippen LogP contribution is 2.29. The molecule has 1 aliphatic heterocycles. The first-order valence-electron chi connectivity index (χ1n) is 10.1. The van der Waals surface area contributed by atoms with Gasteiger partial charge in [0, 0.05) is 19.3 Å². The standard InChI is InChI=1S/C23H24N4O2/c1-14-10-15(2)20-16(11-14)12-18(23(28)26-20)21-22(24-13-17-6-5-9-29-17)27-8-4-3-7-19(27)25-21/h3-4,7-8,10-12,17,24H,5-6,9,13H2,1-2H3,(H,26,28)/t17-/m0/s1. The van der Waals surface area contributed by atoms with Crippen molar-refractivity contribution in [3.63, 3.8) is 0 Å². The lowest BCUT2D eigenvalue weighted by Gasteiger charge is -2.13. The number of aryl methyl sites for hydroxylation is 2. The highest BCUT2D eigenvalue weighted by Gasteiger charge is 2.20. The Kier molecular flexibility index (Phi) is 4.36. The lowest BCUT2D eigenvalue weighted by molar-refractivity contribution is 0.120. The lowest BCUT2D eigenvalue weighted by Crippen LogP contribution is -2.20. The second-order valence-electron chi connectivity index (χ2n) is 7.81. The van der Waals surface area contributed by atoms with E-state index in [1.54, 1.807) is 0 Å². The third-order valence-electron chi connectivity index (χ3n) is 5.60. The van der Waals surface area contributed by atoms with Crippen molar-refractivity contribution in [3.8, 4) is 11.3 Å². The SMILES string of the molecule is Cc1cc(C)c2[nH]c(=O)c(-c3nc4ccccn4c3NC[C@@H]3CCCO3)cc2c1. The number of benzene rings is 1.